The summed E-state index contributed by atoms with van der Waals surface area (Å²) in [4.78, 5) is 101. The van der Waals surface area contributed by atoms with Crippen molar-refractivity contribution in [1.82, 2.24) is 71.7 Å². The summed E-state index contributed by atoms with van der Waals surface area (Å²) in [5, 5.41) is 36.1. The molecule has 2 aliphatic carbocycles. The Morgan fingerprint density at radius 3 is 1.35 bits per heavy atom. The molecule has 0 bridgehead atoms. The first-order chi connectivity index (χ1) is 38.0. The number of carbonyl (C=O) groups excluding carboxylic acids is 7. The van der Waals surface area contributed by atoms with Crippen LogP contribution in [-0.2, 0) is 59.2 Å². The normalized spacial score (nSPS) is 22.5. The zero-order valence-corrected chi connectivity index (χ0v) is 48.4. The van der Waals surface area contributed by atoms with Crippen molar-refractivity contribution in [3.63, 3.8) is 0 Å². The number of likely N-dealkylation sites (tertiary alicyclic amines) is 2. The van der Waals surface area contributed by atoms with Gasteiger partial charge in [-0.3, -0.25) is 33.6 Å². The third kappa shape index (κ3) is 13.8. The predicted molar refractivity (Wildman–Crippen MR) is 300 cm³/mol. The van der Waals surface area contributed by atoms with Crippen molar-refractivity contribution in [3.05, 3.63) is 94.6 Å². The van der Waals surface area contributed by atoms with E-state index in [4.69, 9.17) is 0 Å². The first-order valence-electron chi connectivity index (χ1n) is 28.7. The molecule has 4 heterocycles. The predicted octanol–water partition coefficient (Wildman–Crippen LogP) is 3.95. The molecular weight excluding hydrogens is 1020 g/mol. The number of hydrogen-bond donors (Lipinski definition) is 6. The highest BCUT2D eigenvalue weighted by Gasteiger charge is 2.48. The summed E-state index contributed by atoms with van der Waals surface area (Å²) in [6.45, 7) is 15.1. The minimum absolute atomic E-state index is 0.0165. The van der Waals surface area contributed by atoms with Gasteiger partial charge in [-0.2, -0.15) is 0 Å². The SMILES string of the molecule is CN[C@@H](C)C(=O)N[C@H](C(=O)N1C[C@@H](n2cc(CCC(=O)CCc3cn([C@H]4C[C@@H](C(=O)N[C@@H]5CCCc6ccccc65)N(C(=O)[C@@H](NC(=O)[C@H](C)NC)C(C)(C)C)C4)nn3)nn2)C[C@H]1C(=O)N[C@@H]1CCCc2ccccc21)C(C)(C)C. The van der Waals surface area contributed by atoms with E-state index in [2.05, 4.69) is 64.7 Å². The van der Waals surface area contributed by atoms with Gasteiger partial charge in [0, 0.05) is 51.2 Å². The fourth-order valence-electron chi connectivity index (χ4n) is 11.6. The van der Waals surface area contributed by atoms with Crippen molar-refractivity contribution < 1.29 is 33.6 Å². The molecule has 8 rings (SSSR count). The zero-order valence-electron chi connectivity index (χ0n) is 48.4. The van der Waals surface area contributed by atoms with Crippen LogP contribution in [0.1, 0.15) is 165 Å². The van der Waals surface area contributed by atoms with Crippen molar-refractivity contribution in [2.45, 2.75) is 193 Å². The summed E-state index contributed by atoms with van der Waals surface area (Å²) in [5.74, 6) is -1.91. The maximum absolute atomic E-state index is 14.7. The number of Topliss-reactive ketones (excluding diaryl/α,β-unsaturated/α-hetero) is 1. The lowest BCUT2D eigenvalue weighted by molar-refractivity contribution is -0.144. The van der Waals surface area contributed by atoms with Crippen molar-refractivity contribution in [1.29, 1.82) is 0 Å². The zero-order chi connectivity index (χ0) is 57.6. The van der Waals surface area contributed by atoms with E-state index in [9.17, 15) is 33.6 Å². The molecule has 0 spiro atoms. The third-order valence-corrected chi connectivity index (χ3v) is 16.7. The molecule has 432 valence electrons. The Labute approximate surface area is 470 Å². The molecule has 10 atom stereocenters. The third-order valence-electron chi connectivity index (χ3n) is 16.7. The molecule has 4 aliphatic rings. The lowest BCUT2D eigenvalue weighted by Crippen LogP contribution is -2.59. The molecular formula is C59H84N14O7. The summed E-state index contributed by atoms with van der Waals surface area (Å²) in [7, 11) is 3.36. The summed E-state index contributed by atoms with van der Waals surface area (Å²) >= 11 is 0. The van der Waals surface area contributed by atoms with Crippen LogP contribution in [0.15, 0.2) is 60.9 Å². The van der Waals surface area contributed by atoms with E-state index >= 15 is 0 Å². The molecule has 2 aromatic carbocycles. The van der Waals surface area contributed by atoms with Gasteiger partial charge in [0.1, 0.15) is 30.0 Å². The number of benzene rings is 2. The van der Waals surface area contributed by atoms with E-state index < -0.39 is 59.2 Å². The molecule has 2 fully saturated rings. The lowest BCUT2D eigenvalue weighted by atomic mass is 9.85. The summed E-state index contributed by atoms with van der Waals surface area (Å²) < 4.78 is 3.36. The molecule has 6 N–H and O–H groups in total. The number of hydrogen-bond acceptors (Lipinski definition) is 13. The number of amides is 6. The van der Waals surface area contributed by atoms with Crippen LogP contribution in [0, 0.1) is 10.8 Å². The minimum Gasteiger partial charge on any atom is -0.347 e. The van der Waals surface area contributed by atoms with Crippen LogP contribution in [-0.4, -0.2) is 144 Å². The molecule has 2 aromatic heterocycles. The molecule has 21 nitrogen and oxygen atoms in total. The van der Waals surface area contributed by atoms with Gasteiger partial charge >= 0.3 is 0 Å². The second-order valence-electron chi connectivity index (χ2n) is 24.7. The van der Waals surface area contributed by atoms with Gasteiger partial charge in [0.05, 0.1) is 47.6 Å². The van der Waals surface area contributed by atoms with E-state index in [-0.39, 0.29) is 92.1 Å². The quantitative estimate of drug-likeness (QED) is 0.0734. The van der Waals surface area contributed by atoms with Crippen LogP contribution in [0.5, 0.6) is 0 Å². The highest BCUT2D eigenvalue weighted by atomic mass is 16.2. The van der Waals surface area contributed by atoms with Crippen molar-refractivity contribution >= 4 is 41.2 Å². The maximum atomic E-state index is 14.7. The van der Waals surface area contributed by atoms with Crippen molar-refractivity contribution in [3.8, 4) is 0 Å². The number of aromatic nitrogens is 6. The first kappa shape index (κ1) is 59.3. The monoisotopic (exact) mass is 1100 g/mol. The van der Waals surface area contributed by atoms with Gasteiger partial charge in [0.2, 0.25) is 35.4 Å². The van der Waals surface area contributed by atoms with Gasteiger partial charge in [-0.1, -0.05) is 101 Å². The second kappa shape index (κ2) is 25.3. The Morgan fingerprint density at radius 2 is 0.975 bits per heavy atom. The number of nitrogens with one attached hydrogen (secondary N) is 6. The summed E-state index contributed by atoms with van der Waals surface area (Å²) in [5.41, 5.74) is 4.38. The fourth-order valence-corrected chi connectivity index (χ4v) is 11.6. The molecule has 0 unspecified atom stereocenters. The van der Waals surface area contributed by atoms with Gasteiger partial charge in [0.15, 0.2) is 0 Å². The molecule has 21 heteroatoms. The number of aryl methyl sites for hydroxylation is 4. The largest absolute Gasteiger partial charge is 0.347 e. The van der Waals surface area contributed by atoms with Gasteiger partial charge in [-0.25, -0.2) is 9.36 Å². The summed E-state index contributed by atoms with van der Waals surface area (Å²) in [6, 6.07) is 10.4. The van der Waals surface area contributed by atoms with E-state index in [0.29, 0.717) is 24.2 Å². The Bertz CT molecular complexity index is 2700. The van der Waals surface area contributed by atoms with Crippen LogP contribution >= 0.6 is 0 Å². The van der Waals surface area contributed by atoms with E-state index in [0.717, 1.165) is 49.7 Å². The first-order valence-corrected chi connectivity index (χ1v) is 28.7. The Balaban J connectivity index is 0.912. The van der Waals surface area contributed by atoms with Crippen LogP contribution in [0.4, 0.5) is 0 Å². The Morgan fingerprint density at radius 1 is 0.588 bits per heavy atom. The minimum atomic E-state index is -0.919. The number of likely N-dealkylation sites (N-methyl/N-ethyl adjacent to an activating group) is 2. The average molecular weight is 1100 g/mol. The molecule has 2 aliphatic heterocycles. The number of ketones is 1. The van der Waals surface area contributed by atoms with E-state index in [1.807, 2.05) is 77.9 Å². The van der Waals surface area contributed by atoms with Gasteiger partial charge < -0.3 is 41.7 Å². The molecule has 6 amide bonds. The number of carbonyl (C=O) groups is 7. The smallest absolute Gasteiger partial charge is 0.246 e. The number of fused-ring (bicyclic) bond motifs is 2. The Kier molecular flexibility index (Phi) is 18.7. The standard InChI is InChI=1S/C59H84N14O7/c1-35(60-9)52(75)64-50(58(3,4)5)56(79)70-33-41(29-48(70)54(77)62-46-23-15-19-37-17-11-13-21-44(37)46)72-31-39(66-68-72)25-27-43(74)28-26-40-32-73(69-67-40)42-30-49(55(78)63-47-24-16-20-38-18-12-14-22-45(38)47)71(34-42)57(80)51(59(6,7)8)65-53(76)36(2)61-10/h11-14,17-18,21-22,31-32,35-36,41-42,46-51,60-61H,15-16,19-20,23-30,33-34H2,1-10H3,(H,62,77)(H,63,78)(H,64,75)(H,65,76)/t35-,36-,41-,42-,46+,47+,48-,49-,50+,51+/m0/s1. The molecule has 2 saturated heterocycles. The highest BCUT2D eigenvalue weighted by molar-refractivity contribution is 5.95. The van der Waals surface area contributed by atoms with Crippen LogP contribution in [0.25, 0.3) is 0 Å². The number of nitrogens with zero attached hydrogens (tertiary/aromatic N) is 8. The maximum Gasteiger partial charge on any atom is 0.246 e. The Hall–Kier alpha value is -6.87. The van der Waals surface area contributed by atoms with Gasteiger partial charge in [0.25, 0.3) is 0 Å². The molecule has 4 aromatic rings. The summed E-state index contributed by atoms with van der Waals surface area (Å²) in [6.07, 6.45) is 10.4. The van der Waals surface area contributed by atoms with Crippen LogP contribution < -0.4 is 31.9 Å². The van der Waals surface area contributed by atoms with Crippen molar-refractivity contribution in [2.75, 3.05) is 27.2 Å². The highest BCUT2D eigenvalue weighted by Crippen LogP contribution is 2.36. The lowest BCUT2D eigenvalue weighted by Gasteiger charge is -2.36. The second-order valence-corrected chi connectivity index (χ2v) is 24.7. The van der Waals surface area contributed by atoms with E-state index in [1.54, 1.807) is 59.5 Å². The van der Waals surface area contributed by atoms with Gasteiger partial charge in [-0.15, -0.1) is 10.2 Å². The number of rotatable bonds is 20. The molecule has 0 saturated carbocycles. The van der Waals surface area contributed by atoms with Crippen LogP contribution in [0.3, 0.4) is 0 Å². The fraction of sp³-hybridized carbons (Fsp3) is 0.610. The molecule has 80 heavy (non-hydrogen) atoms. The van der Waals surface area contributed by atoms with Gasteiger partial charge in [-0.05, 0) is 112 Å². The van der Waals surface area contributed by atoms with Crippen molar-refractivity contribution in [2.24, 2.45) is 10.8 Å². The molecule has 0 radical (unpaired) electrons. The van der Waals surface area contributed by atoms with Crippen LogP contribution in [0.2, 0.25) is 0 Å². The topological polar surface area (TPSA) is 260 Å². The van der Waals surface area contributed by atoms with E-state index in [1.165, 1.54) is 11.1 Å². The average Bonchev–Trinajstić information content (AvgIpc) is 4.37.